The van der Waals surface area contributed by atoms with Gasteiger partial charge in [0.05, 0.1) is 6.61 Å². The Bertz CT molecular complexity index is 464. The van der Waals surface area contributed by atoms with Gasteiger partial charge in [-0.05, 0) is 44.9 Å². The van der Waals surface area contributed by atoms with Gasteiger partial charge in [-0.25, -0.2) is 4.79 Å². The third-order valence-corrected chi connectivity index (χ3v) is 3.01. The molecular formula is C16H25NO4. The highest BCUT2D eigenvalue weighted by molar-refractivity contribution is 5.67. The molecule has 0 bridgehead atoms. The second-order valence-electron chi connectivity index (χ2n) is 6.67. The molecule has 1 amide bonds. The molecule has 0 saturated carbocycles. The molecule has 0 radical (unpaired) electrons. The predicted octanol–water partition coefficient (Wildman–Crippen LogP) is 2.46. The van der Waals surface area contributed by atoms with Crippen molar-refractivity contribution >= 4 is 6.09 Å². The van der Waals surface area contributed by atoms with E-state index in [2.05, 4.69) is 5.32 Å². The lowest BCUT2D eigenvalue weighted by molar-refractivity contribution is 0.0478. The van der Waals surface area contributed by atoms with E-state index in [-0.39, 0.29) is 12.4 Å². The molecule has 1 atom stereocenters. The number of nitrogens with one attached hydrogen (secondary N) is 1. The fourth-order valence-electron chi connectivity index (χ4n) is 1.88. The van der Waals surface area contributed by atoms with Crippen LogP contribution in [0.2, 0.25) is 0 Å². The zero-order valence-electron chi connectivity index (χ0n) is 13.1. The van der Waals surface area contributed by atoms with Crippen molar-refractivity contribution in [3.63, 3.8) is 0 Å². The van der Waals surface area contributed by atoms with E-state index in [4.69, 9.17) is 4.74 Å². The van der Waals surface area contributed by atoms with Crippen molar-refractivity contribution in [3.8, 4) is 5.75 Å². The molecule has 1 unspecified atom stereocenters. The van der Waals surface area contributed by atoms with E-state index in [9.17, 15) is 15.0 Å². The lowest BCUT2D eigenvalue weighted by Crippen LogP contribution is -2.41. The molecule has 5 heteroatoms. The van der Waals surface area contributed by atoms with Crippen LogP contribution in [0.15, 0.2) is 24.3 Å². The van der Waals surface area contributed by atoms with Crippen molar-refractivity contribution in [2.45, 2.75) is 39.7 Å². The molecule has 3 N–H and O–H groups in total. The van der Waals surface area contributed by atoms with Gasteiger partial charge in [0.25, 0.3) is 0 Å². The Kier molecular flexibility index (Phi) is 5.61. The van der Waals surface area contributed by atoms with E-state index >= 15 is 0 Å². The summed E-state index contributed by atoms with van der Waals surface area (Å²) in [7, 11) is 0. The molecule has 0 fully saturated rings. The number of benzene rings is 1. The SMILES string of the molecule is CC(CO)(CNC(=O)OC(C)(C)C)Cc1ccc(O)cc1. The average Bonchev–Trinajstić information content (AvgIpc) is 2.37. The zero-order valence-corrected chi connectivity index (χ0v) is 13.1. The predicted molar refractivity (Wildman–Crippen MR) is 81.2 cm³/mol. The lowest BCUT2D eigenvalue weighted by atomic mass is 9.84. The number of carbonyl (C=O) groups is 1. The number of hydrogen-bond donors (Lipinski definition) is 3. The highest BCUT2D eigenvalue weighted by Gasteiger charge is 2.26. The van der Waals surface area contributed by atoms with Gasteiger partial charge in [-0.1, -0.05) is 19.1 Å². The summed E-state index contributed by atoms with van der Waals surface area (Å²) < 4.78 is 5.18. The molecule has 1 aromatic carbocycles. The third-order valence-electron chi connectivity index (χ3n) is 3.01. The van der Waals surface area contributed by atoms with Crippen molar-refractivity contribution in [1.82, 2.24) is 5.32 Å². The van der Waals surface area contributed by atoms with Gasteiger partial charge in [-0.3, -0.25) is 0 Å². The van der Waals surface area contributed by atoms with Crippen LogP contribution in [0.4, 0.5) is 4.79 Å². The van der Waals surface area contributed by atoms with E-state index in [0.717, 1.165) is 5.56 Å². The smallest absolute Gasteiger partial charge is 0.407 e. The van der Waals surface area contributed by atoms with Gasteiger partial charge in [-0.15, -0.1) is 0 Å². The largest absolute Gasteiger partial charge is 0.508 e. The molecule has 0 spiro atoms. The maximum absolute atomic E-state index is 11.7. The Morgan fingerprint density at radius 2 is 1.76 bits per heavy atom. The molecule has 1 rings (SSSR count). The maximum Gasteiger partial charge on any atom is 0.407 e. The summed E-state index contributed by atoms with van der Waals surface area (Å²) in [6.07, 6.45) is 0.0902. The van der Waals surface area contributed by atoms with Crippen molar-refractivity contribution in [3.05, 3.63) is 29.8 Å². The zero-order chi connectivity index (χ0) is 16.1. The first-order chi connectivity index (χ1) is 9.63. The number of ether oxygens (including phenoxy) is 1. The molecule has 0 aromatic heterocycles. The topological polar surface area (TPSA) is 78.8 Å². The fourth-order valence-corrected chi connectivity index (χ4v) is 1.88. The summed E-state index contributed by atoms with van der Waals surface area (Å²) in [5.74, 6) is 0.205. The normalized spacial score (nSPS) is 14.3. The van der Waals surface area contributed by atoms with Crippen molar-refractivity contribution < 1.29 is 19.7 Å². The minimum absolute atomic E-state index is 0.0658. The van der Waals surface area contributed by atoms with Crippen LogP contribution in [-0.2, 0) is 11.2 Å². The Labute approximate surface area is 125 Å². The summed E-state index contributed by atoms with van der Waals surface area (Å²) >= 11 is 0. The molecule has 118 valence electrons. The average molecular weight is 295 g/mol. The van der Waals surface area contributed by atoms with Crippen LogP contribution in [0.3, 0.4) is 0 Å². The van der Waals surface area contributed by atoms with Gasteiger partial charge >= 0.3 is 6.09 Å². The van der Waals surface area contributed by atoms with Crippen LogP contribution in [0.25, 0.3) is 0 Å². The second-order valence-corrected chi connectivity index (χ2v) is 6.67. The number of rotatable bonds is 5. The van der Waals surface area contributed by atoms with E-state index in [1.165, 1.54) is 0 Å². The van der Waals surface area contributed by atoms with Gasteiger partial charge < -0.3 is 20.3 Å². The van der Waals surface area contributed by atoms with Gasteiger partial charge in [0.15, 0.2) is 0 Å². The minimum atomic E-state index is -0.545. The maximum atomic E-state index is 11.7. The molecule has 0 aliphatic carbocycles. The van der Waals surface area contributed by atoms with Crippen LogP contribution in [0, 0.1) is 5.41 Å². The Morgan fingerprint density at radius 1 is 1.19 bits per heavy atom. The molecule has 21 heavy (non-hydrogen) atoms. The number of carbonyl (C=O) groups excluding carboxylic acids is 1. The molecule has 0 saturated heterocycles. The van der Waals surface area contributed by atoms with Gasteiger partial charge in [0.1, 0.15) is 11.4 Å². The fraction of sp³-hybridized carbons (Fsp3) is 0.562. The highest BCUT2D eigenvalue weighted by Crippen LogP contribution is 2.23. The third kappa shape index (κ3) is 6.49. The van der Waals surface area contributed by atoms with E-state index in [1.54, 1.807) is 45.0 Å². The van der Waals surface area contributed by atoms with Crippen molar-refractivity contribution in [2.24, 2.45) is 5.41 Å². The van der Waals surface area contributed by atoms with Crippen LogP contribution in [0.5, 0.6) is 5.75 Å². The molecule has 1 aromatic rings. The number of aromatic hydroxyl groups is 1. The van der Waals surface area contributed by atoms with Gasteiger partial charge in [0, 0.05) is 12.0 Å². The van der Waals surface area contributed by atoms with Crippen LogP contribution in [-0.4, -0.2) is 35.1 Å². The number of phenols is 1. The first-order valence-electron chi connectivity index (χ1n) is 6.99. The summed E-state index contributed by atoms with van der Waals surface area (Å²) in [5.41, 5.74) is -0.0554. The van der Waals surface area contributed by atoms with Crippen molar-refractivity contribution in [1.29, 1.82) is 0 Å². The first-order valence-corrected chi connectivity index (χ1v) is 6.99. The van der Waals surface area contributed by atoms with E-state index in [1.807, 2.05) is 6.92 Å². The number of aliphatic hydroxyl groups excluding tert-OH is 1. The minimum Gasteiger partial charge on any atom is -0.508 e. The van der Waals surface area contributed by atoms with E-state index < -0.39 is 17.1 Å². The standard InChI is InChI=1S/C16H25NO4/c1-15(2,3)21-14(20)17-10-16(4,11-18)9-12-5-7-13(19)8-6-12/h5-8,18-19H,9-11H2,1-4H3,(H,17,20). The molecule has 0 heterocycles. The second kappa shape index (κ2) is 6.80. The number of aliphatic hydroxyl groups is 1. The number of alkyl carbamates (subject to hydrolysis) is 1. The Balaban J connectivity index is 2.59. The Hall–Kier alpha value is -1.75. The molecule has 5 nitrogen and oxygen atoms in total. The quantitative estimate of drug-likeness (QED) is 0.779. The lowest BCUT2D eigenvalue weighted by Gasteiger charge is -2.28. The van der Waals surface area contributed by atoms with Crippen molar-refractivity contribution in [2.75, 3.05) is 13.2 Å². The monoisotopic (exact) mass is 295 g/mol. The summed E-state index contributed by atoms with van der Waals surface area (Å²) in [6.45, 7) is 7.52. The Morgan fingerprint density at radius 3 is 2.24 bits per heavy atom. The summed E-state index contributed by atoms with van der Waals surface area (Å²) in [5, 5.41) is 21.6. The van der Waals surface area contributed by atoms with Gasteiger partial charge in [-0.2, -0.15) is 0 Å². The van der Waals surface area contributed by atoms with Gasteiger partial charge in [0.2, 0.25) is 0 Å². The number of phenolic OH excluding ortho intramolecular Hbond substituents is 1. The number of amides is 1. The summed E-state index contributed by atoms with van der Waals surface area (Å²) in [4.78, 5) is 11.7. The highest BCUT2D eigenvalue weighted by atomic mass is 16.6. The molecule has 0 aliphatic heterocycles. The summed E-state index contributed by atoms with van der Waals surface area (Å²) in [6, 6.07) is 6.82. The number of hydrogen-bond acceptors (Lipinski definition) is 4. The van der Waals surface area contributed by atoms with E-state index in [0.29, 0.717) is 13.0 Å². The molecular weight excluding hydrogens is 270 g/mol. The van der Waals surface area contributed by atoms with Crippen LogP contribution >= 0.6 is 0 Å². The van der Waals surface area contributed by atoms with Crippen LogP contribution in [0.1, 0.15) is 33.3 Å². The first kappa shape index (κ1) is 17.3. The van der Waals surface area contributed by atoms with Crippen LogP contribution < -0.4 is 5.32 Å². The molecule has 0 aliphatic rings.